The molecule has 1 fully saturated rings. The van der Waals surface area contributed by atoms with E-state index >= 15 is 0 Å². The molecule has 1 aromatic heterocycles. The number of carbonyl (C=O) groups excluding carboxylic acids is 1. The normalized spacial score (nSPS) is 15.2. The third-order valence-corrected chi connectivity index (χ3v) is 7.11. The predicted molar refractivity (Wildman–Crippen MR) is 139 cm³/mol. The molecule has 172 valence electrons. The summed E-state index contributed by atoms with van der Waals surface area (Å²) in [4.78, 5) is 15.3. The Balaban J connectivity index is 0.00000259. The van der Waals surface area contributed by atoms with Crippen LogP contribution < -0.4 is 5.73 Å². The molecule has 33 heavy (non-hydrogen) atoms. The minimum Gasteiger partial charge on any atom is -0.366 e. The first-order chi connectivity index (χ1) is 15.5. The van der Waals surface area contributed by atoms with Crippen LogP contribution >= 0.6 is 12.4 Å². The predicted octanol–water partition coefficient (Wildman–Crippen LogP) is 5.95. The van der Waals surface area contributed by atoms with Crippen molar-refractivity contribution in [2.45, 2.75) is 45.2 Å². The van der Waals surface area contributed by atoms with Gasteiger partial charge < -0.3 is 15.2 Å². The lowest BCUT2D eigenvalue weighted by molar-refractivity contribution is 0.0998. The molecule has 5 heteroatoms. The summed E-state index contributed by atoms with van der Waals surface area (Å²) in [6.07, 6.45) is 2.09. The first-order valence-electron chi connectivity index (χ1n) is 11.7. The zero-order chi connectivity index (χ0) is 22.2. The molecule has 0 spiro atoms. The van der Waals surface area contributed by atoms with Crippen molar-refractivity contribution in [3.05, 3.63) is 83.6 Å². The van der Waals surface area contributed by atoms with Crippen LogP contribution in [0, 0.1) is 0 Å². The largest absolute Gasteiger partial charge is 0.366 e. The van der Waals surface area contributed by atoms with Crippen LogP contribution in [0.15, 0.2) is 66.7 Å². The highest BCUT2D eigenvalue weighted by Crippen LogP contribution is 2.37. The number of carbonyl (C=O) groups is 1. The summed E-state index contributed by atoms with van der Waals surface area (Å²) < 4.78 is 2.37. The fraction of sp³-hybridized carbons (Fsp3) is 0.321. The van der Waals surface area contributed by atoms with Gasteiger partial charge in [-0.2, -0.15) is 0 Å². The van der Waals surface area contributed by atoms with Crippen molar-refractivity contribution in [1.29, 1.82) is 0 Å². The first kappa shape index (κ1) is 23.3. The summed E-state index contributed by atoms with van der Waals surface area (Å²) in [6, 6.07) is 23.8. The molecule has 5 rings (SSSR count). The van der Waals surface area contributed by atoms with Crippen molar-refractivity contribution in [1.82, 2.24) is 9.47 Å². The number of hydrogen-bond donors (Lipinski definition) is 1. The highest BCUT2D eigenvalue weighted by molar-refractivity contribution is 6.08. The fourth-order valence-corrected chi connectivity index (χ4v) is 5.47. The number of rotatable bonds is 5. The molecule has 0 radical (unpaired) electrons. The lowest BCUT2D eigenvalue weighted by Crippen LogP contribution is -2.38. The maximum absolute atomic E-state index is 12.7. The minimum absolute atomic E-state index is 0. The molecule has 1 saturated heterocycles. The second-order valence-electron chi connectivity index (χ2n) is 9.27. The molecule has 3 aromatic carbocycles. The second kappa shape index (κ2) is 9.58. The maximum Gasteiger partial charge on any atom is 0.251 e. The Morgan fingerprint density at radius 1 is 0.939 bits per heavy atom. The lowest BCUT2D eigenvalue weighted by atomic mass is 9.89. The number of amides is 1. The number of fused-ring (bicyclic) bond motifs is 2. The van der Waals surface area contributed by atoms with Crippen LogP contribution in [0.5, 0.6) is 0 Å². The van der Waals surface area contributed by atoms with Gasteiger partial charge in [0.2, 0.25) is 0 Å². The van der Waals surface area contributed by atoms with Gasteiger partial charge in [-0.3, -0.25) is 4.79 Å². The highest BCUT2D eigenvalue weighted by atomic mass is 35.5. The van der Waals surface area contributed by atoms with Gasteiger partial charge in [0.15, 0.2) is 0 Å². The molecule has 0 aliphatic carbocycles. The van der Waals surface area contributed by atoms with Crippen LogP contribution in [0.4, 0.5) is 0 Å². The summed E-state index contributed by atoms with van der Waals surface area (Å²) in [5.74, 6) is 0.00837. The molecular weight excluding hydrogens is 430 g/mol. The number of nitrogens with two attached hydrogens (primary N) is 1. The minimum atomic E-state index is -0.320. The van der Waals surface area contributed by atoms with Crippen molar-refractivity contribution >= 4 is 40.0 Å². The van der Waals surface area contributed by atoms with E-state index in [0.29, 0.717) is 17.5 Å². The number of para-hydroxylation sites is 1. The lowest BCUT2D eigenvalue weighted by Gasteiger charge is -2.35. The first-order valence-corrected chi connectivity index (χ1v) is 11.7. The maximum atomic E-state index is 12.7. The van der Waals surface area contributed by atoms with Gasteiger partial charge in [0.25, 0.3) is 5.91 Å². The van der Waals surface area contributed by atoms with E-state index in [1.807, 2.05) is 12.1 Å². The Labute approximate surface area is 201 Å². The van der Waals surface area contributed by atoms with E-state index in [-0.39, 0.29) is 18.3 Å². The Morgan fingerprint density at radius 2 is 1.58 bits per heavy atom. The van der Waals surface area contributed by atoms with Crippen LogP contribution in [-0.2, 0) is 6.54 Å². The van der Waals surface area contributed by atoms with Crippen molar-refractivity contribution in [3.63, 3.8) is 0 Å². The van der Waals surface area contributed by atoms with Crippen LogP contribution in [0.3, 0.4) is 0 Å². The second-order valence-corrected chi connectivity index (χ2v) is 9.27. The van der Waals surface area contributed by atoms with Gasteiger partial charge in [-0.05, 0) is 62.2 Å². The van der Waals surface area contributed by atoms with Crippen LogP contribution in [0.1, 0.15) is 54.2 Å². The molecule has 1 amide bonds. The zero-order valence-corrected chi connectivity index (χ0v) is 20.1. The van der Waals surface area contributed by atoms with Crippen LogP contribution in [0.2, 0.25) is 0 Å². The third-order valence-electron chi connectivity index (χ3n) is 7.11. The standard InChI is InChI=1S/C28H31N3O.ClH/c1-19(2)30-16-14-21(15-17-30)27-26(28(29)32)24-12-5-6-13-25(24)31(27)18-22-10-7-9-20-8-3-4-11-23(20)22;/h3-13,19,21H,14-18H2,1-2H3,(H2,29,32);1H. The molecule has 1 aliphatic rings. The van der Waals surface area contributed by atoms with E-state index < -0.39 is 0 Å². The average Bonchev–Trinajstić information content (AvgIpc) is 3.14. The summed E-state index contributed by atoms with van der Waals surface area (Å²) in [7, 11) is 0. The third kappa shape index (κ3) is 4.25. The molecule has 4 nitrogen and oxygen atoms in total. The quantitative estimate of drug-likeness (QED) is 0.399. The number of benzene rings is 3. The molecule has 2 heterocycles. The monoisotopic (exact) mass is 461 g/mol. The number of nitrogens with zero attached hydrogens (tertiary/aromatic N) is 2. The van der Waals surface area contributed by atoms with Crippen molar-refractivity contribution < 1.29 is 4.79 Å². The van der Waals surface area contributed by atoms with E-state index in [1.165, 1.54) is 16.3 Å². The Morgan fingerprint density at radius 3 is 2.27 bits per heavy atom. The summed E-state index contributed by atoms with van der Waals surface area (Å²) in [6.45, 7) is 7.35. The average molecular weight is 462 g/mol. The van der Waals surface area contributed by atoms with E-state index in [1.54, 1.807) is 0 Å². The van der Waals surface area contributed by atoms with Gasteiger partial charge in [-0.15, -0.1) is 12.4 Å². The number of hydrogen-bond acceptors (Lipinski definition) is 2. The Bertz CT molecular complexity index is 1280. The zero-order valence-electron chi connectivity index (χ0n) is 19.3. The van der Waals surface area contributed by atoms with Gasteiger partial charge in [0, 0.05) is 35.1 Å². The van der Waals surface area contributed by atoms with E-state index in [4.69, 9.17) is 5.73 Å². The SMILES string of the molecule is CC(C)N1CCC(c2c(C(N)=O)c3ccccc3n2Cc2cccc3ccccc23)CC1.Cl. The topological polar surface area (TPSA) is 51.3 Å². The number of primary amides is 1. The number of aromatic nitrogens is 1. The molecule has 0 atom stereocenters. The van der Waals surface area contributed by atoms with Crippen LogP contribution in [-0.4, -0.2) is 34.5 Å². The summed E-state index contributed by atoms with van der Waals surface area (Å²) in [5, 5.41) is 3.47. The molecule has 0 saturated carbocycles. The van der Waals surface area contributed by atoms with Crippen molar-refractivity contribution in [2.24, 2.45) is 5.73 Å². The number of halogens is 1. The smallest absolute Gasteiger partial charge is 0.251 e. The van der Waals surface area contributed by atoms with Gasteiger partial charge >= 0.3 is 0 Å². The molecule has 2 N–H and O–H groups in total. The molecule has 0 unspecified atom stereocenters. The van der Waals surface area contributed by atoms with Gasteiger partial charge in [0.1, 0.15) is 0 Å². The molecule has 4 aromatic rings. The van der Waals surface area contributed by atoms with Gasteiger partial charge in [-0.1, -0.05) is 60.7 Å². The fourth-order valence-electron chi connectivity index (χ4n) is 5.47. The number of likely N-dealkylation sites (tertiary alicyclic amines) is 1. The van der Waals surface area contributed by atoms with Crippen LogP contribution in [0.25, 0.3) is 21.7 Å². The Hall–Kier alpha value is -2.82. The van der Waals surface area contributed by atoms with Crippen molar-refractivity contribution in [2.75, 3.05) is 13.1 Å². The van der Waals surface area contributed by atoms with E-state index in [9.17, 15) is 4.79 Å². The van der Waals surface area contributed by atoms with E-state index in [0.717, 1.165) is 49.1 Å². The summed E-state index contributed by atoms with van der Waals surface area (Å²) >= 11 is 0. The van der Waals surface area contributed by atoms with Gasteiger partial charge in [-0.25, -0.2) is 0 Å². The Kier molecular flexibility index (Phi) is 6.78. The van der Waals surface area contributed by atoms with Gasteiger partial charge in [0.05, 0.1) is 5.56 Å². The molecular formula is C28H32ClN3O. The van der Waals surface area contributed by atoms with Crippen molar-refractivity contribution in [3.8, 4) is 0 Å². The summed E-state index contributed by atoms with van der Waals surface area (Å²) in [5.41, 5.74) is 10.2. The highest BCUT2D eigenvalue weighted by Gasteiger charge is 2.30. The number of piperidine rings is 1. The molecule has 1 aliphatic heterocycles. The van der Waals surface area contributed by atoms with E-state index in [2.05, 4.69) is 77.9 Å². The molecule has 0 bridgehead atoms.